The quantitative estimate of drug-likeness (QED) is 0.438. The van der Waals surface area contributed by atoms with Crippen LogP contribution in [0.2, 0.25) is 0 Å². The fraction of sp³-hybridized carbons (Fsp3) is 0. The molecule has 0 rings (SSSR count). The summed E-state index contributed by atoms with van der Waals surface area (Å²) in [5.41, 5.74) is 0. The third kappa shape index (κ3) is 22.6. The molecule has 0 aliphatic heterocycles. The van der Waals surface area contributed by atoms with Gasteiger partial charge in [0.2, 0.25) is 0 Å². The van der Waals surface area contributed by atoms with Crippen molar-refractivity contribution in [2.45, 2.75) is 0 Å². The van der Waals surface area contributed by atoms with Gasteiger partial charge in [0, 0.05) is 232 Å². The van der Waals surface area contributed by atoms with Crippen LogP contribution in [0.3, 0.4) is 0 Å². The Hall–Kier alpha value is 7.55. The Kier molecular flexibility index (Phi) is 183. The molecular formula is BaCaKLiNaSr. The van der Waals surface area contributed by atoms with Gasteiger partial charge in [-0.2, -0.15) is 0 Å². The van der Waals surface area contributed by atoms with Gasteiger partial charge in [-0.15, -0.1) is 0 Å². The van der Waals surface area contributed by atoms with E-state index in [0.29, 0.717) is 0 Å². The maximum Gasteiger partial charge on any atom is 0 e. The molecule has 0 nitrogen and oxygen atoms in total. The van der Waals surface area contributed by atoms with Crippen molar-refractivity contribution in [2.24, 2.45) is 0 Å². The summed E-state index contributed by atoms with van der Waals surface area (Å²) >= 11 is 0. The topological polar surface area (TPSA) is 0 Å². The molecule has 0 fully saturated rings. The molecule has 0 aromatic heterocycles. The normalized spacial score (nSPS) is 0. The molecule has 9 valence electrons. The fourth-order valence-electron chi connectivity index (χ4n) is 0. The average molecular weight is 334 g/mol. The summed E-state index contributed by atoms with van der Waals surface area (Å²) in [6.07, 6.45) is 0. The summed E-state index contributed by atoms with van der Waals surface area (Å²) < 4.78 is 0. The molecule has 0 aliphatic carbocycles. The van der Waals surface area contributed by atoms with Crippen LogP contribution in [-0.4, -0.2) is 232 Å². The molecule has 0 saturated carbocycles. The Morgan fingerprint density at radius 1 is 1.00 bits per heavy atom. The third-order valence-electron chi connectivity index (χ3n) is 0. The molecule has 0 unspecified atom stereocenters. The van der Waals surface area contributed by atoms with Crippen LogP contribution in [0.5, 0.6) is 0 Å². The van der Waals surface area contributed by atoms with Crippen LogP contribution < -0.4 is 0 Å². The van der Waals surface area contributed by atoms with Gasteiger partial charge in [-0.3, -0.25) is 0 Å². The Bertz CT molecular complexity index is 15.5. The second-order valence-electron chi connectivity index (χ2n) is 0. The molecule has 0 amide bonds. The van der Waals surface area contributed by atoms with E-state index in [1.54, 1.807) is 0 Å². The summed E-state index contributed by atoms with van der Waals surface area (Å²) in [4.78, 5) is 0. The molecule has 9 radical (unpaired) electrons. The third-order valence-corrected chi connectivity index (χ3v) is 0. The molecular weight excluding hydrogens is 334 g/mol. The molecule has 6 heavy (non-hydrogen) atoms. The van der Waals surface area contributed by atoms with Crippen molar-refractivity contribution >= 4 is 232 Å². The summed E-state index contributed by atoms with van der Waals surface area (Å²) in [5, 5.41) is 0. The first-order valence-electron chi connectivity index (χ1n) is 0. The van der Waals surface area contributed by atoms with E-state index in [1.807, 2.05) is 0 Å². The van der Waals surface area contributed by atoms with Crippen LogP contribution in [0, 0.1) is 0 Å². The van der Waals surface area contributed by atoms with Crippen molar-refractivity contribution in [2.75, 3.05) is 0 Å². The van der Waals surface area contributed by atoms with E-state index in [9.17, 15) is 0 Å². The van der Waals surface area contributed by atoms with Gasteiger partial charge in [0.1, 0.15) is 0 Å². The van der Waals surface area contributed by atoms with E-state index in [2.05, 4.69) is 0 Å². The summed E-state index contributed by atoms with van der Waals surface area (Å²) in [6.45, 7) is 0. The number of rotatable bonds is 0. The maximum absolute atomic E-state index is 0. The largest absolute Gasteiger partial charge is 0 e. The molecule has 0 heterocycles. The van der Waals surface area contributed by atoms with Crippen molar-refractivity contribution in [1.82, 2.24) is 0 Å². The number of hydrogen-bond donors (Lipinski definition) is 0. The van der Waals surface area contributed by atoms with Crippen LogP contribution in [0.4, 0.5) is 0 Å². The predicted molar refractivity (Wildman–Crippen MR) is 34.5 cm³/mol. The summed E-state index contributed by atoms with van der Waals surface area (Å²) in [5.74, 6) is 0. The Morgan fingerprint density at radius 3 is 1.00 bits per heavy atom. The minimum absolute atomic E-state index is 0. The minimum atomic E-state index is 0. The molecule has 0 aromatic rings. The first-order chi connectivity index (χ1) is 0. The Morgan fingerprint density at radius 2 is 1.00 bits per heavy atom. The van der Waals surface area contributed by atoms with Gasteiger partial charge in [-0.1, -0.05) is 0 Å². The van der Waals surface area contributed by atoms with Crippen LogP contribution >= 0.6 is 0 Å². The first-order valence-corrected chi connectivity index (χ1v) is 0. The molecule has 0 aliphatic rings. The van der Waals surface area contributed by atoms with E-state index in [4.69, 9.17) is 0 Å². The molecule has 0 aromatic carbocycles. The van der Waals surface area contributed by atoms with Crippen LogP contribution in [0.15, 0.2) is 0 Å². The van der Waals surface area contributed by atoms with E-state index < -0.39 is 0 Å². The summed E-state index contributed by atoms with van der Waals surface area (Å²) in [7, 11) is 0. The van der Waals surface area contributed by atoms with E-state index in [1.165, 1.54) is 0 Å². The van der Waals surface area contributed by atoms with Gasteiger partial charge < -0.3 is 0 Å². The predicted octanol–water partition coefficient (Wildman–Crippen LogP) is -2.28. The van der Waals surface area contributed by atoms with Crippen LogP contribution in [-0.2, 0) is 0 Å². The Labute approximate surface area is 223 Å². The second kappa shape index (κ2) is 29.4. The van der Waals surface area contributed by atoms with Gasteiger partial charge in [0.05, 0.1) is 0 Å². The average Bonchev–Trinajstić information content (AvgIpc) is 0. The van der Waals surface area contributed by atoms with Gasteiger partial charge in [-0.25, -0.2) is 0 Å². The zero-order valence-electron chi connectivity index (χ0n) is 5.12. The minimum Gasteiger partial charge on any atom is 0 e. The van der Waals surface area contributed by atoms with Crippen molar-refractivity contribution < 1.29 is 0 Å². The number of hydrogen-bond acceptors (Lipinski definition) is 0. The van der Waals surface area contributed by atoms with Gasteiger partial charge in [0.15, 0.2) is 0 Å². The maximum atomic E-state index is 0. The summed E-state index contributed by atoms with van der Waals surface area (Å²) in [6, 6.07) is 0. The second-order valence-corrected chi connectivity index (χ2v) is 0. The van der Waals surface area contributed by atoms with Gasteiger partial charge >= 0.3 is 0 Å². The standard InChI is InChI=1S/Ba.Ca.K.Li.Na.Sr. The van der Waals surface area contributed by atoms with E-state index in [0.717, 1.165) is 0 Å². The molecule has 0 bridgehead atoms. The smallest absolute Gasteiger partial charge is 0 e. The monoisotopic (exact) mass is 335 g/mol. The van der Waals surface area contributed by atoms with Gasteiger partial charge in [0.25, 0.3) is 0 Å². The molecule has 6 heteroatoms. The molecule has 0 saturated heterocycles. The van der Waals surface area contributed by atoms with E-state index >= 15 is 0 Å². The Balaban J connectivity index is 0. The molecule has 0 atom stereocenters. The van der Waals surface area contributed by atoms with E-state index in [-0.39, 0.29) is 232 Å². The SMILES string of the molecule is [Ba].[Ca].[K].[Li].[Na].[Sr]. The van der Waals surface area contributed by atoms with Crippen LogP contribution in [0.25, 0.3) is 0 Å². The van der Waals surface area contributed by atoms with Crippen molar-refractivity contribution in [3.63, 3.8) is 0 Å². The van der Waals surface area contributed by atoms with Crippen molar-refractivity contribution in [3.05, 3.63) is 0 Å². The van der Waals surface area contributed by atoms with Crippen LogP contribution in [0.1, 0.15) is 0 Å². The molecule has 0 spiro atoms. The zero-order chi connectivity index (χ0) is 0. The van der Waals surface area contributed by atoms with Crippen molar-refractivity contribution in [3.8, 4) is 0 Å². The fourth-order valence-corrected chi connectivity index (χ4v) is 0. The zero-order valence-corrected chi connectivity index (χ0v) is 20.4. The van der Waals surface area contributed by atoms with Gasteiger partial charge in [-0.05, 0) is 0 Å². The van der Waals surface area contributed by atoms with Crippen molar-refractivity contribution in [1.29, 1.82) is 0 Å². The first kappa shape index (κ1) is 37.4. The molecule has 0 N–H and O–H groups in total.